The quantitative estimate of drug-likeness (QED) is 0.685. The van der Waals surface area contributed by atoms with Gasteiger partial charge >= 0.3 is 0 Å². The number of hydrogen-bond acceptors (Lipinski definition) is 4. The maximum Gasteiger partial charge on any atom is 0.228 e. The van der Waals surface area contributed by atoms with E-state index in [1.165, 1.54) is 23.3 Å². The van der Waals surface area contributed by atoms with Crippen molar-refractivity contribution in [3.8, 4) is 11.6 Å². The second-order valence-corrected chi connectivity index (χ2v) is 6.04. The van der Waals surface area contributed by atoms with Crippen molar-refractivity contribution in [2.24, 2.45) is 0 Å². The normalized spacial score (nSPS) is 14.0. The molecule has 4 rings (SSSR count). The molecule has 0 unspecified atom stereocenters. The molecule has 0 atom stereocenters. The Morgan fingerprint density at radius 3 is 2.50 bits per heavy atom. The van der Waals surface area contributed by atoms with E-state index in [0.29, 0.717) is 17.6 Å². The number of ether oxygens (including phenoxy) is 1. The Morgan fingerprint density at radius 2 is 1.77 bits per heavy atom. The van der Waals surface area contributed by atoms with Crippen LogP contribution in [0.5, 0.6) is 11.6 Å². The van der Waals surface area contributed by atoms with Crippen molar-refractivity contribution in [3.05, 3.63) is 84.3 Å². The molecular weight excluding hydrogens is 329 g/mol. The number of benzene rings is 2. The van der Waals surface area contributed by atoms with Crippen LogP contribution >= 0.6 is 0 Å². The first-order valence-corrected chi connectivity index (χ1v) is 8.54. The Labute approximate surface area is 151 Å². The Hall–Kier alpha value is -3.21. The topological polar surface area (TPSA) is 38.2 Å². The second-order valence-electron chi connectivity index (χ2n) is 6.04. The fraction of sp³-hybridized carbons (Fsp3) is 0.143. The molecule has 0 saturated heterocycles. The lowest BCUT2D eigenvalue weighted by Crippen LogP contribution is -2.29. The van der Waals surface area contributed by atoms with Crippen LogP contribution in [0.15, 0.2) is 72.9 Å². The summed E-state index contributed by atoms with van der Waals surface area (Å²) in [4.78, 5) is 11.0. The lowest BCUT2D eigenvalue weighted by Gasteiger charge is -2.26. The van der Waals surface area contributed by atoms with Gasteiger partial charge in [-0.2, -0.15) is 4.98 Å². The third-order valence-corrected chi connectivity index (χ3v) is 4.29. The van der Waals surface area contributed by atoms with Gasteiger partial charge in [0.25, 0.3) is 0 Å². The summed E-state index contributed by atoms with van der Waals surface area (Å²) in [6, 6.07) is 18.0. The predicted octanol–water partition coefficient (Wildman–Crippen LogP) is 4.70. The Morgan fingerprint density at radius 1 is 0.962 bits per heavy atom. The molecule has 0 aliphatic carbocycles. The van der Waals surface area contributed by atoms with Crippen molar-refractivity contribution in [1.82, 2.24) is 9.97 Å². The molecule has 0 amide bonds. The Kier molecular flexibility index (Phi) is 4.60. The van der Waals surface area contributed by atoms with Crippen LogP contribution in [0.3, 0.4) is 0 Å². The minimum atomic E-state index is -0.296. The number of hydrogen-bond donors (Lipinski definition) is 0. The first-order chi connectivity index (χ1) is 12.8. The summed E-state index contributed by atoms with van der Waals surface area (Å²) in [6.07, 6.45) is 4.84. The van der Waals surface area contributed by atoms with Crippen molar-refractivity contribution in [3.63, 3.8) is 0 Å². The summed E-state index contributed by atoms with van der Waals surface area (Å²) >= 11 is 0. The molecule has 0 radical (unpaired) electrons. The van der Waals surface area contributed by atoms with E-state index in [-0.39, 0.29) is 5.82 Å². The lowest BCUT2D eigenvalue weighted by molar-refractivity contribution is 0.459. The molecule has 2 aromatic carbocycles. The van der Waals surface area contributed by atoms with E-state index in [1.807, 2.05) is 6.07 Å². The molecule has 1 aliphatic heterocycles. The molecule has 1 aromatic heterocycles. The minimum absolute atomic E-state index is 0.296. The van der Waals surface area contributed by atoms with Crippen LogP contribution in [0.1, 0.15) is 12.0 Å². The molecule has 26 heavy (non-hydrogen) atoms. The molecule has 5 heteroatoms. The van der Waals surface area contributed by atoms with Crippen LogP contribution in [-0.2, 0) is 0 Å². The first-order valence-electron chi connectivity index (χ1n) is 8.54. The van der Waals surface area contributed by atoms with Gasteiger partial charge in [0.1, 0.15) is 11.6 Å². The zero-order valence-corrected chi connectivity index (χ0v) is 14.2. The van der Waals surface area contributed by atoms with Crippen molar-refractivity contribution in [2.75, 3.05) is 18.0 Å². The standard InChI is InChI=1S/C21H18FN3O/c22-18-6-8-19(9-7-18)26-20-10-13-23-21(24-20)25-14-11-17(12-15-25)16-4-2-1-3-5-16/h1-11,13H,12,14-15H2. The van der Waals surface area contributed by atoms with Gasteiger partial charge in [-0.05, 0) is 41.8 Å². The van der Waals surface area contributed by atoms with Gasteiger partial charge < -0.3 is 9.64 Å². The van der Waals surface area contributed by atoms with Crippen LogP contribution in [0, 0.1) is 5.82 Å². The SMILES string of the molecule is Fc1ccc(Oc2ccnc(N3CC=C(c4ccccc4)CC3)n2)cc1. The molecule has 130 valence electrons. The van der Waals surface area contributed by atoms with Gasteiger partial charge in [-0.25, -0.2) is 9.37 Å². The average molecular weight is 347 g/mol. The molecule has 0 N–H and O–H groups in total. The molecule has 2 heterocycles. The van der Waals surface area contributed by atoms with E-state index in [4.69, 9.17) is 4.74 Å². The zero-order chi connectivity index (χ0) is 17.8. The summed E-state index contributed by atoms with van der Waals surface area (Å²) in [5.41, 5.74) is 2.61. The smallest absolute Gasteiger partial charge is 0.228 e. The number of nitrogens with zero attached hydrogens (tertiary/aromatic N) is 3. The highest BCUT2D eigenvalue weighted by molar-refractivity contribution is 5.68. The van der Waals surface area contributed by atoms with Gasteiger partial charge in [-0.15, -0.1) is 0 Å². The van der Waals surface area contributed by atoms with Crippen molar-refractivity contribution in [2.45, 2.75) is 6.42 Å². The summed E-state index contributed by atoms with van der Waals surface area (Å²) in [7, 11) is 0. The minimum Gasteiger partial charge on any atom is -0.439 e. The first kappa shape index (κ1) is 16.3. The molecule has 0 bridgehead atoms. The maximum atomic E-state index is 13.0. The number of anilines is 1. The highest BCUT2D eigenvalue weighted by Crippen LogP contribution is 2.25. The van der Waals surface area contributed by atoms with Gasteiger partial charge in [-0.1, -0.05) is 36.4 Å². The largest absolute Gasteiger partial charge is 0.439 e. The third kappa shape index (κ3) is 3.72. The molecule has 0 spiro atoms. The summed E-state index contributed by atoms with van der Waals surface area (Å²) in [5.74, 6) is 1.32. The Bertz CT molecular complexity index is 910. The van der Waals surface area contributed by atoms with Gasteiger partial charge in [0.2, 0.25) is 11.8 Å². The van der Waals surface area contributed by atoms with E-state index >= 15 is 0 Å². The number of aromatic nitrogens is 2. The molecule has 0 fully saturated rings. The highest BCUT2D eigenvalue weighted by Gasteiger charge is 2.16. The van der Waals surface area contributed by atoms with Gasteiger partial charge in [0, 0.05) is 25.4 Å². The fourth-order valence-corrected chi connectivity index (χ4v) is 2.93. The highest BCUT2D eigenvalue weighted by atomic mass is 19.1. The Balaban J connectivity index is 1.47. The average Bonchev–Trinajstić information content (AvgIpc) is 2.71. The van der Waals surface area contributed by atoms with Crippen molar-refractivity contribution >= 4 is 11.5 Å². The van der Waals surface area contributed by atoms with Crippen molar-refractivity contribution < 1.29 is 9.13 Å². The molecule has 3 aromatic rings. The van der Waals surface area contributed by atoms with Crippen molar-refractivity contribution in [1.29, 1.82) is 0 Å². The van der Waals surface area contributed by atoms with E-state index in [1.54, 1.807) is 24.4 Å². The van der Waals surface area contributed by atoms with Crippen LogP contribution in [0.4, 0.5) is 10.3 Å². The number of rotatable bonds is 4. The van der Waals surface area contributed by atoms with Crippen LogP contribution in [0.25, 0.3) is 5.57 Å². The molecular formula is C21H18FN3O. The monoisotopic (exact) mass is 347 g/mol. The predicted molar refractivity (Wildman–Crippen MR) is 99.8 cm³/mol. The zero-order valence-electron chi connectivity index (χ0n) is 14.2. The van der Waals surface area contributed by atoms with Gasteiger partial charge in [-0.3, -0.25) is 0 Å². The summed E-state index contributed by atoms with van der Waals surface area (Å²) in [5, 5.41) is 0. The maximum absolute atomic E-state index is 13.0. The van der Waals surface area contributed by atoms with Crippen LogP contribution in [0.2, 0.25) is 0 Å². The van der Waals surface area contributed by atoms with E-state index in [2.05, 4.69) is 45.2 Å². The lowest BCUT2D eigenvalue weighted by atomic mass is 10.00. The molecule has 4 nitrogen and oxygen atoms in total. The van der Waals surface area contributed by atoms with Gasteiger partial charge in [0.15, 0.2) is 0 Å². The van der Waals surface area contributed by atoms with E-state index in [0.717, 1.165) is 19.5 Å². The fourth-order valence-electron chi connectivity index (χ4n) is 2.93. The van der Waals surface area contributed by atoms with Crippen LogP contribution < -0.4 is 9.64 Å². The molecule has 0 saturated carbocycles. The van der Waals surface area contributed by atoms with E-state index < -0.39 is 0 Å². The third-order valence-electron chi connectivity index (χ3n) is 4.29. The summed E-state index contributed by atoms with van der Waals surface area (Å²) < 4.78 is 18.7. The molecule has 1 aliphatic rings. The second kappa shape index (κ2) is 7.35. The van der Waals surface area contributed by atoms with Crippen LogP contribution in [-0.4, -0.2) is 23.1 Å². The number of halogens is 1. The van der Waals surface area contributed by atoms with Gasteiger partial charge in [0.05, 0.1) is 0 Å². The van der Waals surface area contributed by atoms with E-state index in [9.17, 15) is 4.39 Å². The summed E-state index contributed by atoms with van der Waals surface area (Å²) in [6.45, 7) is 1.60.